The summed E-state index contributed by atoms with van der Waals surface area (Å²) < 4.78 is 12.0. The molecule has 1 atom stereocenters. The standard InChI is InChI=1S/C13H20BrNO2/c1-4-16-7-8-17-13-6-5-11(14)9-12(13)10(2)15-3/h5-6,9-10,15H,4,7-8H2,1-3H3. The molecule has 0 saturated heterocycles. The molecule has 0 bridgehead atoms. The van der Waals surface area contributed by atoms with Gasteiger partial charge in [-0.05, 0) is 39.1 Å². The Kier molecular flexibility index (Phi) is 6.55. The Balaban J connectivity index is 2.69. The van der Waals surface area contributed by atoms with Crippen LogP contribution in [0.15, 0.2) is 22.7 Å². The highest BCUT2D eigenvalue weighted by molar-refractivity contribution is 9.10. The molecule has 1 N–H and O–H groups in total. The van der Waals surface area contributed by atoms with E-state index in [1.165, 1.54) is 0 Å². The van der Waals surface area contributed by atoms with Crippen molar-refractivity contribution in [1.82, 2.24) is 5.32 Å². The molecule has 0 aliphatic rings. The number of rotatable bonds is 7. The second-order valence-electron chi connectivity index (χ2n) is 3.74. The lowest BCUT2D eigenvalue weighted by molar-refractivity contribution is 0.109. The molecule has 4 heteroatoms. The zero-order valence-electron chi connectivity index (χ0n) is 10.6. The van der Waals surface area contributed by atoms with Crippen molar-refractivity contribution in [1.29, 1.82) is 0 Å². The molecule has 1 unspecified atom stereocenters. The monoisotopic (exact) mass is 301 g/mol. The fourth-order valence-electron chi connectivity index (χ4n) is 1.50. The van der Waals surface area contributed by atoms with Crippen molar-refractivity contribution >= 4 is 15.9 Å². The number of ether oxygens (including phenoxy) is 2. The van der Waals surface area contributed by atoms with E-state index in [4.69, 9.17) is 9.47 Å². The van der Waals surface area contributed by atoms with Crippen LogP contribution in [-0.2, 0) is 4.74 Å². The molecule has 96 valence electrons. The fourth-order valence-corrected chi connectivity index (χ4v) is 1.88. The third kappa shape index (κ3) is 4.66. The van der Waals surface area contributed by atoms with Crippen LogP contribution < -0.4 is 10.1 Å². The second-order valence-corrected chi connectivity index (χ2v) is 4.65. The summed E-state index contributed by atoms with van der Waals surface area (Å²) in [5, 5.41) is 3.22. The van der Waals surface area contributed by atoms with E-state index in [1.807, 2.05) is 26.1 Å². The number of hydrogen-bond donors (Lipinski definition) is 1. The highest BCUT2D eigenvalue weighted by atomic mass is 79.9. The van der Waals surface area contributed by atoms with Gasteiger partial charge in [0.25, 0.3) is 0 Å². The number of halogens is 1. The maximum atomic E-state index is 5.73. The van der Waals surface area contributed by atoms with E-state index in [-0.39, 0.29) is 6.04 Å². The lowest BCUT2D eigenvalue weighted by Gasteiger charge is -2.17. The SMILES string of the molecule is CCOCCOc1ccc(Br)cc1C(C)NC. The predicted molar refractivity (Wildman–Crippen MR) is 73.6 cm³/mol. The Hall–Kier alpha value is -0.580. The van der Waals surface area contributed by atoms with E-state index in [2.05, 4.69) is 34.2 Å². The third-order valence-electron chi connectivity index (χ3n) is 2.56. The maximum absolute atomic E-state index is 5.73. The Morgan fingerprint density at radius 1 is 1.35 bits per heavy atom. The molecule has 0 spiro atoms. The van der Waals surface area contributed by atoms with Crippen molar-refractivity contribution in [2.75, 3.05) is 26.9 Å². The first-order valence-electron chi connectivity index (χ1n) is 5.86. The predicted octanol–water partition coefficient (Wildman–Crippen LogP) is 3.14. The van der Waals surface area contributed by atoms with Crippen molar-refractivity contribution < 1.29 is 9.47 Å². The van der Waals surface area contributed by atoms with E-state index < -0.39 is 0 Å². The molecule has 17 heavy (non-hydrogen) atoms. The summed E-state index contributed by atoms with van der Waals surface area (Å²) in [5.74, 6) is 0.912. The van der Waals surface area contributed by atoms with Gasteiger partial charge in [0.15, 0.2) is 0 Å². The van der Waals surface area contributed by atoms with Gasteiger partial charge in [-0.15, -0.1) is 0 Å². The third-order valence-corrected chi connectivity index (χ3v) is 3.05. The normalized spacial score (nSPS) is 12.5. The van der Waals surface area contributed by atoms with E-state index in [0.29, 0.717) is 13.2 Å². The van der Waals surface area contributed by atoms with Gasteiger partial charge in [-0.2, -0.15) is 0 Å². The average molecular weight is 302 g/mol. The summed E-state index contributed by atoms with van der Waals surface area (Å²) in [5.41, 5.74) is 1.15. The number of hydrogen-bond acceptors (Lipinski definition) is 3. The zero-order valence-corrected chi connectivity index (χ0v) is 12.2. The van der Waals surface area contributed by atoms with Crippen LogP contribution in [0.3, 0.4) is 0 Å². The lowest BCUT2D eigenvalue weighted by atomic mass is 10.1. The van der Waals surface area contributed by atoms with E-state index in [0.717, 1.165) is 22.4 Å². The molecular weight excluding hydrogens is 282 g/mol. The molecule has 0 aliphatic carbocycles. The molecule has 1 aromatic carbocycles. The topological polar surface area (TPSA) is 30.5 Å². The van der Waals surface area contributed by atoms with Gasteiger partial charge < -0.3 is 14.8 Å². The van der Waals surface area contributed by atoms with Crippen molar-refractivity contribution in [2.45, 2.75) is 19.9 Å². The molecule has 1 rings (SSSR count). The first-order chi connectivity index (χ1) is 8.19. The quantitative estimate of drug-likeness (QED) is 0.785. The van der Waals surface area contributed by atoms with Crippen molar-refractivity contribution in [3.63, 3.8) is 0 Å². The summed E-state index contributed by atoms with van der Waals surface area (Å²) in [4.78, 5) is 0. The van der Waals surface area contributed by atoms with E-state index in [9.17, 15) is 0 Å². The van der Waals surface area contributed by atoms with Gasteiger partial charge in [0.2, 0.25) is 0 Å². The molecule has 0 fully saturated rings. The molecule has 0 heterocycles. The first kappa shape index (κ1) is 14.5. The van der Waals surface area contributed by atoms with Crippen molar-refractivity contribution in [3.8, 4) is 5.75 Å². The minimum absolute atomic E-state index is 0.259. The van der Waals surface area contributed by atoms with E-state index in [1.54, 1.807) is 0 Å². The molecule has 0 saturated carbocycles. The summed E-state index contributed by atoms with van der Waals surface area (Å²) >= 11 is 3.48. The maximum Gasteiger partial charge on any atom is 0.124 e. The molecular formula is C13H20BrNO2. The van der Waals surface area contributed by atoms with Gasteiger partial charge >= 0.3 is 0 Å². The molecule has 0 aliphatic heterocycles. The van der Waals surface area contributed by atoms with Crippen LogP contribution in [0.5, 0.6) is 5.75 Å². The van der Waals surface area contributed by atoms with Gasteiger partial charge in [-0.25, -0.2) is 0 Å². The average Bonchev–Trinajstić information content (AvgIpc) is 2.35. The summed E-state index contributed by atoms with van der Waals surface area (Å²) in [7, 11) is 1.94. The number of nitrogens with one attached hydrogen (secondary N) is 1. The molecule has 3 nitrogen and oxygen atoms in total. The van der Waals surface area contributed by atoms with Crippen molar-refractivity contribution in [3.05, 3.63) is 28.2 Å². The van der Waals surface area contributed by atoms with Gasteiger partial charge in [0.1, 0.15) is 12.4 Å². The first-order valence-corrected chi connectivity index (χ1v) is 6.65. The highest BCUT2D eigenvalue weighted by Gasteiger charge is 2.10. The van der Waals surface area contributed by atoms with Crippen LogP contribution in [0.25, 0.3) is 0 Å². The van der Waals surface area contributed by atoms with Crippen LogP contribution >= 0.6 is 15.9 Å². The van der Waals surface area contributed by atoms with Gasteiger partial charge in [0.05, 0.1) is 6.61 Å². The van der Waals surface area contributed by atoms with Crippen LogP contribution in [-0.4, -0.2) is 26.9 Å². The zero-order chi connectivity index (χ0) is 12.7. The molecule has 0 radical (unpaired) electrons. The van der Waals surface area contributed by atoms with E-state index >= 15 is 0 Å². The highest BCUT2D eigenvalue weighted by Crippen LogP contribution is 2.28. The van der Waals surface area contributed by atoms with Gasteiger partial charge in [-0.1, -0.05) is 15.9 Å². The molecule has 0 amide bonds. The van der Waals surface area contributed by atoms with Crippen LogP contribution in [0.2, 0.25) is 0 Å². The molecule has 0 aromatic heterocycles. The minimum atomic E-state index is 0.259. The lowest BCUT2D eigenvalue weighted by Crippen LogP contribution is -2.15. The van der Waals surface area contributed by atoms with Crippen LogP contribution in [0, 0.1) is 0 Å². The van der Waals surface area contributed by atoms with Crippen LogP contribution in [0.1, 0.15) is 25.5 Å². The Morgan fingerprint density at radius 3 is 2.76 bits per heavy atom. The smallest absolute Gasteiger partial charge is 0.124 e. The Morgan fingerprint density at radius 2 is 2.12 bits per heavy atom. The Labute approximate surface area is 112 Å². The minimum Gasteiger partial charge on any atom is -0.491 e. The summed E-state index contributed by atoms with van der Waals surface area (Å²) in [6, 6.07) is 6.31. The van der Waals surface area contributed by atoms with Gasteiger partial charge in [0, 0.05) is 22.7 Å². The van der Waals surface area contributed by atoms with Crippen LogP contribution in [0.4, 0.5) is 0 Å². The number of benzene rings is 1. The van der Waals surface area contributed by atoms with Gasteiger partial charge in [-0.3, -0.25) is 0 Å². The Bertz CT molecular complexity index is 344. The summed E-state index contributed by atoms with van der Waals surface area (Å²) in [6.45, 7) is 6.02. The largest absolute Gasteiger partial charge is 0.491 e. The molecule has 1 aromatic rings. The fraction of sp³-hybridized carbons (Fsp3) is 0.538. The second kappa shape index (κ2) is 7.69. The summed E-state index contributed by atoms with van der Waals surface area (Å²) in [6.07, 6.45) is 0. The van der Waals surface area contributed by atoms with Crippen molar-refractivity contribution in [2.24, 2.45) is 0 Å².